The molecular formula is C26H15Cl5F3N5O2. The molecule has 1 heterocycles. The number of benzene rings is 3. The lowest BCUT2D eigenvalue weighted by atomic mass is 9.90. The van der Waals surface area contributed by atoms with Gasteiger partial charge in [0.25, 0.3) is 0 Å². The first kappa shape index (κ1) is 32.3. The summed E-state index contributed by atoms with van der Waals surface area (Å²) in [5, 5.41) is 32.2. The Morgan fingerprint density at radius 2 is 1.41 bits per heavy atom. The van der Waals surface area contributed by atoms with Crippen LogP contribution in [-0.4, -0.2) is 19.9 Å². The van der Waals surface area contributed by atoms with E-state index in [4.69, 9.17) is 73.3 Å². The van der Waals surface area contributed by atoms with E-state index in [1.165, 1.54) is 36.4 Å². The molecule has 1 atom stereocenters. The Balaban J connectivity index is 0.000000278. The van der Waals surface area contributed by atoms with Gasteiger partial charge in [-0.2, -0.15) is 28.8 Å². The van der Waals surface area contributed by atoms with Crippen LogP contribution in [0.15, 0.2) is 55.1 Å². The van der Waals surface area contributed by atoms with Crippen LogP contribution in [-0.2, 0) is 18.3 Å². The summed E-state index contributed by atoms with van der Waals surface area (Å²) < 4.78 is 47.6. The molecule has 4 aromatic rings. The summed E-state index contributed by atoms with van der Waals surface area (Å²) in [5.41, 5.74) is -3.18. The van der Waals surface area contributed by atoms with Crippen LogP contribution in [0, 0.1) is 22.7 Å². The number of nitrogens with zero attached hydrogens (tertiary/aromatic N) is 5. The molecule has 3 aromatic carbocycles. The van der Waals surface area contributed by atoms with Gasteiger partial charge in [-0.3, -0.25) is 0 Å². The molecule has 7 nitrogen and oxygen atoms in total. The van der Waals surface area contributed by atoms with E-state index in [1.807, 2.05) is 0 Å². The van der Waals surface area contributed by atoms with E-state index < -0.39 is 17.3 Å². The van der Waals surface area contributed by atoms with Crippen molar-refractivity contribution in [2.45, 2.75) is 25.2 Å². The van der Waals surface area contributed by atoms with Crippen molar-refractivity contribution < 1.29 is 23.0 Å². The molecule has 0 aliphatic carbocycles. The van der Waals surface area contributed by atoms with Crippen molar-refractivity contribution in [3.05, 3.63) is 102 Å². The zero-order valence-corrected chi connectivity index (χ0v) is 24.3. The van der Waals surface area contributed by atoms with Crippen LogP contribution in [0.1, 0.15) is 29.2 Å². The molecule has 15 heteroatoms. The van der Waals surface area contributed by atoms with Crippen LogP contribution >= 0.6 is 58.0 Å². The number of rotatable bonds is 5. The van der Waals surface area contributed by atoms with Crippen LogP contribution < -0.4 is 4.74 Å². The maximum absolute atomic E-state index is 13.6. The molecule has 0 saturated carbocycles. The van der Waals surface area contributed by atoms with Crippen molar-refractivity contribution in [2.24, 2.45) is 0 Å². The lowest BCUT2D eigenvalue weighted by molar-refractivity contribution is -0.140. The number of hydrogen-bond acceptors (Lipinski definition) is 6. The normalized spacial score (nSPS) is 12.4. The Morgan fingerprint density at radius 1 is 0.854 bits per heavy atom. The van der Waals surface area contributed by atoms with E-state index in [9.17, 15) is 18.3 Å². The number of hydrogen-bond donors (Lipinski definition) is 1. The van der Waals surface area contributed by atoms with Gasteiger partial charge in [-0.05, 0) is 48.9 Å². The molecule has 0 aliphatic heterocycles. The van der Waals surface area contributed by atoms with Crippen LogP contribution in [0.4, 0.5) is 13.2 Å². The Bertz CT molecular complexity index is 1590. The molecule has 0 spiro atoms. The summed E-state index contributed by atoms with van der Waals surface area (Å²) >= 11 is 28.6. The Morgan fingerprint density at radius 3 is 1.90 bits per heavy atom. The highest BCUT2D eigenvalue weighted by atomic mass is 35.5. The van der Waals surface area contributed by atoms with E-state index in [0.717, 1.165) is 6.07 Å². The summed E-state index contributed by atoms with van der Waals surface area (Å²) in [7, 11) is 0. The number of aliphatic hydroxyl groups is 1. The molecule has 1 unspecified atom stereocenters. The number of nitriles is 2. The predicted molar refractivity (Wildman–Crippen MR) is 148 cm³/mol. The third-order valence-corrected chi connectivity index (χ3v) is 7.31. The number of ether oxygens (including phenoxy) is 1. The summed E-state index contributed by atoms with van der Waals surface area (Å²) in [6, 6.07) is 13.2. The van der Waals surface area contributed by atoms with Gasteiger partial charge in [0.05, 0.1) is 43.3 Å². The highest BCUT2D eigenvalue weighted by molar-refractivity contribution is 6.50. The molecule has 0 fully saturated rings. The molecule has 0 aliphatic rings. The summed E-state index contributed by atoms with van der Waals surface area (Å²) in [5.74, 6) is 0.333. The topological polar surface area (TPSA) is 108 Å². The van der Waals surface area contributed by atoms with Crippen LogP contribution in [0.3, 0.4) is 0 Å². The minimum atomic E-state index is -4.68. The first-order valence-corrected chi connectivity index (χ1v) is 12.9. The number of aromatic nitrogens is 3. The number of alkyl halides is 3. The lowest BCUT2D eigenvalue weighted by Crippen LogP contribution is -2.31. The molecule has 0 bridgehead atoms. The summed E-state index contributed by atoms with van der Waals surface area (Å²) in [6.45, 7) is 1.10. The zero-order valence-electron chi connectivity index (χ0n) is 20.5. The van der Waals surface area contributed by atoms with Crippen molar-refractivity contribution >= 4 is 58.0 Å². The molecular weight excluding hydrogens is 649 g/mol. The van der Waals surface area contributed by atoms with Gasteiger partial charge in [-0.15, -0.1) is 0 Å². The fraction of sp³-hybridized carbons (Fsp3) is 0.154. The lowest BCUT2D eigenvalue weighted by Gasteiger charge is -2.27. The van der Waals surface area contributed by atoms with Gasteiger partial charge in [0.15, 0.2) is 0 Å². The molecule has 0 saturated heterocycles. The van der Waals surface area contributed by atoms with Crippen LogP contribution in [0.2, 0.25) is 25.1 Å². The molecule has 1 aromatic heterocycles. The number of halogens is 8. The van der Waals surface area contributed by atoms with E-state index >= 15 is 0 Å². The maximum atomic E-state index is 13.6. The maximum Gasteiger partial charge on any atom is 0.416 e. The fourth-order valence-corrected chi connectivity index (χ4v) is 4.67. The van der Waals surface area contributed by atoms with Gasteiger partial charge in [0, 0.05) is 5.02 Å². The monoisotopic (exact) mass is 661 g/mol. The average molecular weight is 664 g/mol. The highest BCUT2D eigenvalue weighted by Gasteiger charge is 2.39. The zero-order chi connectivity index (χ0) is 30.5. The molecule has 0 radical (unpaired) electrons. The summed E-state index contributed by atoms with van der Waals surface area (Å²) in [6.07, 6.45) is -2.12. The molecule has 0 amide bonds. The highest BCUT2D eigenvalue weighted by Crippen LogP contribution is 2.41. The van der Waals surface area contributed by atoms with Crippen LogP contribution in [0.5, 0.6) is 11.5 Å². The smallest absolute Gasteiger partial charge is 0.416 e. The van der Waals surface area contributed by atoms with Crippen LogP contribution in [0.25, 0.3) is 0 Å². The van der Waals surface area contributed by atoms with Crippen molar-refractivity contribution in [1.82, 2.24) is 14.8 Å². The second kappa shape index (κ2) is 13.2. The molecule has 1 N–H and O–H groups in total. The quantitative estimate of drug-likeness (QED) is 0.169. The second-order valence-corrected chi connectivity index (χ2v) is 10.3. The van der Waals surface area contributed by atoms with Gasteiger partial charge in [0.2, 0.25) is 0 Å². The van der Waals surface area contributed by atoms with Gasteiger partial charge in [0.1, 0.15) is 41.9 Å². The van der Waals surface area contributed by atoms with E-state index in [2.05, 4.69) is 10.1 Å². The van der Waals surface area contributed by atoms with Gasteiger partial charge < -0.3 is 9.84 Å². The van der Waals surface area contributed by atoms with E-state index in [-0.39, 0.29) is 49.1 Å². The Kier molecular flexibility index (Phi) is 10.4. The summed E-state index contributed by atoms with van der Waals surface area (Å²) in [4.78, 5) is 3.73. The molecule has 4 rings (SSSR count). The molecule has 212 valence electrons. The van der Waals surface area contributed by atoms with Crippen molar-refractivity contribution in [3.63, 3.8) is 0 Å². The Hall–Kier alpha value is -3.22. The van der Waals surface area contributed by atoms with Crippen molar-refractivity contribution in [3.8, 4) is 23.6 Å². The fourth-order valence-electron chi connectivity index (χ4n) is 3.47. The minimum absolute atomic E-state index is 0.00930. The third-order valence-electron chi connectivity index (χ3n) is 5.35. The molecule has 41 heavy (non-hydrogen) atoms. The van der Waals surface area contributed by atoms with E-state index in [0.29, 0.717) is 10.8 Å². The average Bonchev–Trinajstić information content (AvgIpc) is 3.41. The standard InChI is InChI=1S/C18H15ClF3N3O2.C8Cl4N2/c1-17(26,9-25-11-23-10-24-25)15-7-6-14(8-16(15)18(20,21)22)27-13-4-2-12(19)3-5-13;9-5-3(1-13)6(10)8(12)7(11)4(5)2-14/h2-8,10-11,26H,9H2,1H3;. The largest absolute Gasteiger partial charge is 0.457 e. The predicted octanol–water partition coefficient (Wildman–Crippen LogP) is 8.69. The SMILES string of the molecule is CC(O)(Cn1cncn1)c1ccc(Oc2ccc(Cl)cc2)cc1C(F)(F)F.N#Cc1c(Cl)c(Cl)c(Cl)c(C#N)c1Cl. The van der Waals surface area contributed by atoms with Gasteiger partial charge in [-0.25, -0.2) is 9.67 Å². The van der Waals surface area contributed by atoms with E-state index in [1.54, 1.807) is 36.4 Å². The van der Waals surface area contributed by atoms with Crippen molar-refractivity contribution in [2.75, 3.05) is 0 Å². The third kappa shape index (κ3) is 7.75. The Labute approximate surface area is 256 Å². The van der Waals surface area contributed by atoms with Gasteiger partial charge >= 0.3 is 6.18 Å². The first-order valence-electron chi connectivity index (χ1n) is 11.1. The van der Waals surface area contributed by atoms with Crippen molar-refractivity contribution in [1.29, 1.82) is 10.5 Å². The second-order valence-electron chi connectivity index (χ2n) is 8.36. The minimum Gasteiger partial charge on any atom is -0.457 e. The van der Waals surface area contributed by atoms with Gasteiger partial charge in [-0.1, -0.05) is 64.1 Å². The first-order chi connectivity index (χ1) is 19.2.